The minimum atomic E-state index is 0.0719. The van der Waals surface area contributed by atoms with Crippen molar-refractivity contribution in [2.75, 3.05) is 0 Å². The van der Waals surface area contributed by atoms with Crippen LogP contribution in [-0.4, -0.2) is 16.4 Å². The van der Waals surface area contributed by atoms with Crippen LogP contribution in [0.15, 0.2) is 24.4 Å². The highest BCUT2D eigenvalue weighted by molar-refractivity contribution is 5.98. The average Bonchev–Trinajstić information content (AvgIpc) is 3.33. The van der Waals surface area contributed by atoms with Crippen LogP contribution in [0.25, 0.3) is 5.52 Å². The molecule has 5 fully saturated rings. The standard InChI is InChI=1S/C21H25N3O/c25-20(23-21-10-13-7-14(11-21)9-15(8-13)12-21)18-17-3-1-2-6-24(17)19(22-18)16-4-5-16/h1-3,6,13-16H,4-5,7-12H2,(H,23,25)/p+1. The molecule has 2 aromatic heterocycles. The maximum atomic E-state index is 13.2. The summed E-state index contributed by atoms with van der Waals surface area (Å²) in [6.07, 6.45) is 12.4. The van der Waals surface area contributed by atoms with E-state index in [2.05, 4.69) is 27.0 Å². The van der Waals surface area contributed by atoms with Crippen LogP contribution in [-0.2, 0) is 0 Å². The largest absolute Gasteiger partial charge is 0.343 e. The fourth-order valence-electron chi connectivity index (χ4n) is 6.50. The summed E-state index contributed by atoms with van der Waals surface area (Å²) < 4.78 is 2.19. The molecule has 0 atom stereocenters. The molecule has 4 bridgehead atoms. The Labute approximate surface area is 148 Å². The number of aromatic nitrogens is 2. The number of hydrogen-bond donors (Lipinski definition) is 2. The second-order valence-electron chi connectivity index (χ2n) is 9.27. The number of amides is 1. The Balaban J connectivity index is 1.35. The quantitative estimate of drug-likeness (QED) is 0.830. The number of rotatable bonds is 3. The maximum absolute atomic E-state index is 13.2. The fourth-order valence-corrected chi connectivity index (χ4v) is 6.50. The number of hydrogen-bond acceptors (Lipinski definition) is 1. The molecular weight excluding hydrogens is 310 g/mol. The van der Waals surface area contributed by atoms with Gasteiger partial charge in [-0.05, 0) is 81.3 Å². The number of imidazole rings is 1. The van der Waals surface area contributed by atoms with Crippen LogP contribution in [0.2, 0.25) is 0 Å². The summed E-state index contributed by atoms with van der Waals surface area (Å²) in [4.78, 5) is 16.7. The van der Waals surface area contributed by atoms with E-state index in [1.807, 2.05) is 12.1 Å². The average molecular weight is 336 g/mol. The Morgan fingerprint density at radius 3 is 2.40 bits per heavy atom. The van der Waals surface area contributed by atoms with Gasteiger partial charge in [0.1, 0.15) is 0 Å². The zero-order chi connectivity index (χ0) is 16.6. The number of nitrogens with zero attached hydrogens (tertiary/aromatic N) is 1. The Hall–Kier alpha value is -1.84. The number of fused-ring (bicyclic) bond motifs is 1. The van der Waals surface area contributed by atoms with Gasteiger partial charge in [-0.1, -0.05) is 6.07 Å². The predicted molar refractivity (Wildman–Crippen MR) is 94.3 cm³/mol. The Kier molecular flexibility index (Phi) is 2.79. The van der Waals surface area contributed by atoms with Gasteiger partial charge in [-0.2, -0.15) is 4.40 Å². The number of carbonyl (C=O) groups excluding carboxylic acids is 1. The minimum absolute atomic E-state index is 0.0719. The lowest BCUT2D eigenvalue weighted by atomic mass is 9.53. The number of pyridine rings is 1. The Bertz CT molecular complexity index is 828. The molecule has 5 saturated carbocycles. The lowest BCUT2D eigenvalue weighted by molar-refractivity contribution is -0.521. The van der Waals surface area contributed by atoms with Crippen LogP contribution in [0.1, 0.15) is 73.6 Å². The molecule has 4 nitrogen and oxygen atoms in total. The van der Waals surface area contributed by atoms with Crippen molar-refractivity contribution < 1.29 is 9.20 Å². The first-order chi connectivity index (χ1) is 12.2. The van der Waals surface area contributed by atoms with E-state index in [0.29, 0.717) is 5.92 Å². The second kappa shape index (κ2) is 4.87. The summed E-state index contributed by atoms with van der Waals surface area (Å²) in [6, 6.07) is 6.14. The lowest BCUT2D eigenvalue weighted by Gasteiger charge is -2.56. The molecule has 2 aromatic rings. The van der Waals surface area contributed by atoms with E-state index in [9.17, 15) is 4.79 Å². The van der Waals surface area contributed by atoms with Crippen LogP contribution in [0, 0.1) is 17.8 Å². The summed E-state index contributed by atoms with van der Waals surface area (Å²) in [5, 5.41) is 3.52. The molecule has 130 valence electrons. The molecule has 0 saturated heterocycles. The first-order valence-corrected chi connectivity index (χ1v) is 10.0. The van der Waals surface area contributed by atoms with E-state index >= 15 is 0 Å². The fraction of sp³-hybridized carbons (Fsp3) is 0.619. The summed E-state index contributed by atoms with van der Waals surface area (Å²) in [6.45, 7) is 0. The Morgan fingerprint density at radius 2 is 1.76 bits per heavy atom. The van der Waals surface area contributed by atoms with E-state index in [1.165, 1.54) is 57.2 Å². The molecular formula is C21H26N3O+. The van der Waals surface area contributed by atoms with Crippen molar-refractivity contribution in [2.24, 2.45) is 17.8 Å². The van der Waals surface area contributed by atoms with E-state index in [1.54, 1.807) is 0 Å². The van der Waals surface area contributed by atoms with Crippen molar-refractivity contribution in [2.45, 2.75) is 62.8 Å². The zero-order valence-electron chi connectivity index (χ0n) is 14.6. The van der Waals surface area contributed by atoms with E-state index in [-0.39, 0.29) is 11.4 Å². The van der Waals surface area contributed by atoms with Crippen LogP contribution >= 0.6 is 0 Å². The third-order valence-electron chi connectivity index (χ3n) is 7.24. The van der Waals surface area contributed by atoms with Crippen molar-refractivity contribution in [3.63, 3.8) is 0 Å². The molecule has 0 aromatic carbocycles. The summed E-state index contributed by atoms with van der Waals surface area (Å²) in [5.74, 6) is 4.45. The first kappa shape index (κ1) is 14.3. The molecule has 7 rings (SSSR count). The maximum Gasteiger partial charge on any atom is 0.296 e. The number of H-pyrrole nitrogens is 1. The molecule has 0 unspecified atom stereocenters. The summed E-state index contributed by atoms with van der Waals surface area (Å²) in [7, 11) is 0. The second-order valence-corrected chi connectivity index (χ2v) is 9.27. The van der Waals surface area contributed by atoms with Gasteiger partial charge < -0.3 is 5.32 Å². The van der Waals surface area contributed by atoms with Gasteiger partial charge in [0.15, 0.2) is 5.52 Å². The summed E-state index contributed by atoms with van der Waals surface area (Å²) in [5.41, 5.74) is 1.85. The topological polar surface area (TPSA) is 49.0 Å². The number of aromatic amines is 1. The lowest BCUT2D eigenvalue weighted by Crippen LogP contribution is -2.59. The smallest absolute Gasteiger partial charge is 0.296 e. The normalized spacial score (nSPS) is 36.1. The van der Waals surface area contributed by atoms with Gasteiger partial charge in [0, 0.05) is 5.54 Å². The number of nitrogens with one attached hydrogen (secondary N) is 2. The van der Waals surface area contributed by atoms with Crippen LogP contribution in [0.4, 0.5) is 0 Å². The molecule has 4 heteroatoms. The van der Waals surface area contributed by atoms with Gasteiger partial charge in [-0.3, -0.25) is 4.79 Å². The van der Waals surface area contributed by atoms with Gasteiger partial charge in [0.2, 0.25) is 5.69 Å². The highest BCUT2D eigenvalue weighted by atomic mass is 16.2. The third kappa shape index (κ3) is 2.19. The molecule has 25 heavy (non-hydrogen) atoms. The van der Waals surface area contributed by atoms with E-state index < -0.39 is 0 Å². The zero-order valence-corrected chi connectivity index (χ0v) is 14.6. The van der Waals surface area contributed by atoms with Crippen molar-refractivity contribution in [3.05, 3.63) is 35.9 Å². The van der Waals surface area contributed by atoms with Gasteiger partial charge in [0.25, 0.3) is 11.7 Å². The molecule has 2 N–H and O–H groups in total. The molecule has 0 aliphatic heterocycles. The molecule has 0 spiro atoms. The molecule has 1 amide bonds. The highest BCUT2D eigenvalue weighted by Crippen LogP contribution is 2.55. The third-order valence-corrected chi connectivity index (χ3v) is 7.24. The monoisotopic (exact) mass is 336 g/mol. The molecule has 0 radical (unpaired) electrons. The number of carbonyl (C=O) groups is 1. The van der Waals surface area contributed by atoms with E-state index in [0.717, 1.165) is 29.0 Å². The minimum Gasteiger partial charge on any atom is -0.343 e. The van der Waals surface area contributed by atoms with E-state index in [4.69, 9.17) is 0 Å². The van der Waals surface area contributed by atoms with Gasteiger partial charge in [-0.25, -0.2) is 4.98 Å². The van der Waals surface area contributed by atoms with Crippen molar-refractivity contribution >= 4 is 11.4 Å². The van der Waals surface area contributed by atoms with Crippen molar-refractivity contribution in [1.29, 1.82) is 0 Å². The molecule has 5 aliphatic rings. The highest BCUT2D eigenvalue weighted by Gasteiger charge is 2.52. The molecule has 5 aliphatic carbocycles. The summed E-state index contributed by atoms with van der Waals surface area (Å²) >= 11 is 0. The van der Waals surface area contributed by atoms with Gasteiger partial charge >= 0.3 is 0 Å². The SMILES string of the molecule is O=C(NC12CC3CC(CC(C3)C1)C2)c1[nH]c(C2CC2)[n+]2ccccc12. The van der Waals surface area contributed by atoms with Crippen LogP contribution in [0.5, 0.6) is 0 Å². The predicted octanol–water partition coefficient (Wildman–Crippen LogP) is 3.33. The molecule has 2 heterocycles. The van der Waals surface area contributed by atoms with Crippen molar-refractivity contribution in [1.82, 2.24) is 10.3 Å². The van der Waals surface area contributed by atoms with Gasteiger partial charge in [0.05, 0.1) is 12.1 Å². The Morgan fingerprint density at radius 1 is 1.08 bits per heavy atom. The van der Waals surface area contributed by atoms with Crippen LogP contribution in [0.3, 0.4) is 0 Å². The first-order valence-electron chi connectivity index (χ1n) is 10.0. The van der Waals surface area contributed by atoms with Crippen LogP contribution < -0.4 is 9.72 Å². The van der Waals surface area contributed by atoms with Crippen molar-refractivity contribution in [3.8, 4) is 0 Å². The van der Waals surface area contributed by atoms with Gasteiger partial charge in [-0.15, -0.1) is 0 Å².